The Labute approximate surface area is 111 Å². The zero-order chi connectivity index (χ0) is 13.3. The van der Waals surface area contributed by atoms with E-state index in [4.69, 9.17) is 5.73 Å². The third-order valence-electron chi connectivity index (χ3n) is 3.36. The SMILES string of the molecule is NC1(C(=O)Nc2ccc(Cn3cccn3)cc2)CC1. The molecule has 0 atom stereocenters. The van der Waals surface area contributed by atoms with Crippen molar-refractivity contribution in [2.75, 3.05) is 5.32 Å². The normalized spacial score (nSPS) is 16.1. The summed E-state index contributed by atoms with van der Waals surface area (Å²) in [6, 6.07) is 9.64. The summed E-state index contributed by atoms with van der Waals surface area (Å²) in [4.78, 5) is 11.8. The summed E-state index contributed by atoms with van der Waals surface area (Å²) in [6.07, 6.45) is 5.22. The van der Waals surface area contributed by atoms with E-state index in [9.17, 15) is 4.79 Å². The molecule has 2 aromatic rings. The minimum atomic E-state index is -0.631. The van der Waals surface area contributed by atoms with Gasteiger partial charge in [-0.2, -0.15) is 5.10 Å². The number of nitrogens with one attached hydrogen (secondary N) is 1. The zero-order valence-electron chi connectivity index (χ0n) is 10.5. The Morgan fingerprint density at radius 2 is 2.11 bits per heavy atom. The lowest BCUT2D eigenvalue weighted by atomic mass is 10.2. The number of nitrogens with zero attached hydrogens (tertiary/aromatic N) is 2. The van der Waals surface area contributed by atoms with Crippen LogP contribution in [-0.4, -0.2) is 21.2 Å². The lowest BCUT2D eigenvalue weighted by Gasteiger charge is -2.10. The molecule has 3 N–H and O–H groups in total. The van der Waals surface area contributed by atoms with Crippen LogP contribution in [0.1, 0.15) is 18.4 Å². The molecule has 98 valence electrons. The highest BCUT2D eigenvalue weighted by Crippen LogP contribution is 2.33. The van der Waals surface area contributed by atoms with Crippen molar-refractivity contribution in [3.63, 3.8) is 0 Å². The first-order valence-electron chi connectivity index (χ1n) is 6.32. The van der Waals surface area contributed by atoms with Gasteiger partial charge in [0.2, 0.25) is 5.91 Å². The molecule has 0 aliphatic heterocycles. The lowest BCUT2D eigenvalue weighted by Crippen LogP contribution is -2.37. The van der Waals surface area contributed by atoms with Crippen molar-refractivity contribution in [2.24, 2.45) is 5.73 Å². The van der Waals surface area contributed by atoms with E-state index >= 15 is 0 Å². The summed E-state index contributed by atoms with van der Waals surface area (Å²) >= 11 is 0. The van der Waals surface area contributed by atoms with Gasteiger partial charge >= 0.3 is 0 Å². The number of benzene rings is 1. The van der Waals surface area contributed by atoms with Crippen LogP contribution in [-0.2, 0) is 11.3 Å². The molecule has 0 spiro atoms. The van der Waals surface area contributed by atoms with Gasteiger partial charge in [0.1, 0.15) is 0 Å². The van der Waals surface area contributed by atoms with Gasteiger partial charge in [-0.25, -0.2) is 0 Å². The van der Waals surface area contributed by atoms with E-state index < -0.39 is 5.54 Å². The lowest BCUT2D eigenvalue weighted by molar-refractivity contribution is -0.118. The van der Waals surface area contributed by atoms with E-state index in [0.717, 1.165) is 30.6 Å². The summed E-state index contributed by atoms with van der Waals surface area (Å²) < 4.78 is 1.85. The van der Waals surface area contributed by atoms with Gasteiger partial charge in [-0.15, -0.1) is 0 Å². The summed E-state index contributed by atoms with van der Waals surface area (Å²) in [5.41, 5.74) is 7.12. The first-order chi connectivity index (χ1) is 9.16. The zero-order valence-corrected chi connectivity index (χ0v) is 10.5. The van der Waals surface area contributed by atoms with Crippen LogP contribution >= 0.6 is 0 Å². The van der Waals surface area contributed by atoms with Crippen molar-refractivity contribution in [3.05, 3.63) is 48.3 Å². The van der Waals surface area contributed by atoms with Crippen molar-refractivity contribution in [1.29, 1.82) is 0 Å². The molecular weight excluding hydrogens is 240 g/mol. The van der Waals surface area contributed by atoms with Crippen molar-refractivity contribution >= 4 is 11.6 Å². The minimum Gasteiger partial charge on any atom is -0.324 e. The Hall–Kier alpha value is -2.14. The second-order valence-electron chi connectivity index (χ2n) is 5.01. The van der Waals surface area contributed by atoms with Crippen LogP contribution in [0.5, 0.6) is 0 Å². The van der Waals surface area contributed by atoms with Crippen LogP contribution in [0.3, 0.4) is 0 Å². The van der Waals surface area contributed by atoms with Crippen LogP contribution in [0, 0.1) is 0 Å². The van der Waals surface area contributed by atoms with E-state index in [-0.39, 0.29) is 5.91 Å². The Morgan fingerprint density at radius 1 is 1.37 bits per heavy atom. The van der Waals surface area contributed by atoms with Crippen LogP contribution < -0.4 is 11.1 Å². The maximum Gasteiger partial charge on any atom is 0.244 e. The Bertz CT molecular complexity index is 570. The van der Waals surface area contributed by atoms with Gasteiger partial charge in [0.15, 0.2) is 0 Å². The number of hydrogen-bond acceptors (Lipinski definition) is 3. The molecule has 5 heteroatoms. The fourth-order valence-corrected chi connectivity index (χ4v) is 1.89. The molecule has 5 nitrogen and oxygen atoms in total. The first kappa shape index (κ1) is 11.9. The minimum absolute atomic E-state index is 0.0904. The van der Waals surface area contributed by atoms with Gasteiger partial charge in [0, 0.05) is 18.1 Å². The molecule has 1 heterocycles. The van der Waals surface area contributed by atoms with E-state index in [1.807, 2.05) is 41.2 Å². The number of aromatic nitrogens is 2. The maximum absolute atomic E-state index is 11.8. The number of amides is 1. The van der Waals surface area contributed by atoms with Crippen molar-refractivity contribution in [1.82, 2.24) is 9.78 Å². The summed E-state index contributed by atoms with van der Waals surface area (Å²) in [5.74, 6) is -0.0904. The Kier molecular flexibility index (Phi) is 2.83. The number of hydrogen-bond donors (Lipinski definition) is 2. The quantitative estimate of drug-likeness (QED) is 0.867. The molecule has 1 aromatic carbocycles. The van der Waals surface area contributed by atoms with Gasteiger partial charge in [0.05, 0.1) is 12.1 Å². The predicted octanol–water partition coefficient (Wildman–Crippen LogP) is 1.36. The van der Waals surface area contributed by atoms with Gasteiger partial charge in [-0.1, -0.05) is 12.1 Å². The molecule has 0 bridgehead atoms. The Balaban J connectivity index is 1.64. The smallest absolute Gasteiger partial charge is 0.244 e. The number of anilines is 1. The molecule has 1 fully saturated rings. The third-order valence-corrected chi connectivity index (χ3v) is 3.36. The summed E-state index contributed by atoms with van der Waals surface area (Å²) in [6.45, 7) is 0.724. The standard InChI is InChI=1S/C14H16N4O/c15-14(6-7-14)13(19)17-12-4-2-11(3-5-12)10-18-9-1-8-16-18/h1-5,8-9H,6-7,10,15H2,(H,17,19). The Morgan fingerprint density at radius 3 is 2.68 bits per heavy atom. The van der Waals surface area contributed by atoms with Gasteiger partial charge in [-0.05, 0) is 36.6 Å². The van der Waals surface area contributed by atoms with E-state index in [1.165, 1.54) is 0 Å². The summed E-state index contributed by atoms with van der Waals surface area (Å²) in [5, 5.41) is 7.00. The molecule has 0 unspecified atom stereocenters. The fraction of sp³-hybridized carbons (Fsp3) is 0.286. The van der Waals surface area contributed by atoms with Crippen LogP contribution in [0.25, 0.3) is 0 Å². The fourth-order valence-electron chi connectivity index (χ4n) is 1.89. The number of rotatable bonds is 4. The molecule has 1 saturated carbocycles. The van der Waals surface area contributed by atoms with E-state index in [1.54, 1.807) is 6.20 Å². The molecule has 0 radical (unpaired) electrons. The van der Waals surface area contributed by atoms with Gasteiger partial charge in [0.25, 0.3) is 0 Å². The number of nitrogens with two attached hydrogens (primary N) is 1. The number of carbonyl (C=O) groups excluding carboxylic acids is 1. The molecule has 1 aliphatic rings. The van der Waals surface area contributed by atoms with Crippen molar-refractivity contribution in [2.45, 2.75) is 24.9 Å². The molecule has 1 amide bonds. The highest BCUT2D eigenvalue weighted by molar-refractivity contribution is 6.00. The molecule has 1 aliphatic carbocycles. The third kappa shape index (κ3) is 2.66. The van der Waals surface area contributed by atoms with Gasteiger partial charge in [-0.3, -0.25) is 9.48 Å². The average molecular weight is 256 g/mol. The van der Waals surface area contributed by atoms with Crippen molar-refractivity contribution < 1.29 is 4.79 Å². The summed E-state index contributed by atoms with van der Waals surface area (Å²) in [7, 11) is 0. The highest BCUT2D eigenvalue weighted by Gasteiger charge is 2.45. The maximum atomic E-state index is 11.8. The molecule has 1 aromatic heterocycles. The molecule has 3 rings (SSSR count). The average Bonchev–Trinajstić information content (AvgIpc) is 2.96. The largest absolute Gasteiger partial charge is 0.324 e. The molecular formula is C14H16N4O. The first-order valence-corrected chi connectivity index (χ1v) is 6.32. The predicted molar refractivity (Wildman–Crippen MR) is 72.6 cm³/mol. The topological polar surface area (TPSA) is 72.9 Å². The monoisotopic (exact) mass is 256 g/mol. The highest BCUT2D eigenvalue weighted by atomic mass is 16.2. The number of carbonyl (C=O) groups is 1. The molecule has 19 heavy (non-hydrogen) atoms. The second-order valence-corrected chi connectivity index (χ2v) is 5.01. The van der Waals surface area contributed by atoms with E-state index in [2.05, 4.69) is 10.4 Å². The van der Waals surface area contributed by atoms with Crippen LogP contribution in [0.2, 0.25) is 0 Å². The molecule has 0 saturated heterocycles. The van der Waals surface area contributed by atoms with Crippen LogP contribution in [0.4, 0.5) is 5.69 Å². The second kappa shape index (κ2) is 4.51. The van der Waals surface area contributed by atoms with Crippen LogP contribution in [0.15, 0.2) is 42.7 Å². The van der Waals surface area contributed by atoms with E-state index in [0.29, 0.717) is 0 Å². The van der Waals surface area contributed by atoms with Gasteiger partial charge < -0.3 is 11.1 Å². The van der Waals surface area contributed by atoms with Crippen molar-refractivity contribution in [3.8, 4) is 0 Å².